The summed E-state index contributed by atoms with van der Waals surface area (Å²) in [4.78, 5) is 4.19. The quantitative estimate of drug-likeness (QED) is 0.151. The predicted octanol–water partition coefficient (Wildman–Crippen LogP) is 16.8. The molecule has 3 nitrogen and oxygen atoms in total. The van der Waals surface area contributed by atoms with Gasteiger partial charge in [0, 0.05) is 49.7 Å². The van der Waals surface area contributed by atoms with Crippen molar-refractivity contribution < 1.29 is 5.48 Å². The minimum absolute atomic E-state index is 0.111. The molecule has 63 heavy (non-hydrogen) atoms. The maximum atomic E-state index is 9.75. The molecule has 0 N–H and O–H groups in total. The van der Waals surface area contributed by atoms with Gasteiger partial charge >= 0.3 is 0 Å². The molecule has 0 unspecified atom stereocenters. The highest BCUT2D eigenvalue weighted by Crippen LogP contribution is 2.46. The van der Waals surface area contributed by atoms with Gasteiger partial charge in [-0.2, -0.15) is 0 Å². The Kier molecular flexibility index (Phi) is 7.84. The smallest absolute Gasteiger partial charge is 0.0645 e. The normalized spacial score (nSPS) is 12.4. The Labute approximate surface area is 372 Å². The van der Waals surface area contributed by atoms with Crippen LogP contribution >= 0.6 is 0 Å². The molecule has 0 fully saturated rings. The zero-order valence-corrected chi connectivity index (χ0v) is 34.2. The second kappa shape index (κ2) is 15.3. The van der Waals surface area contributed by atoms with Crippen LogP contribution in [0.15, 0.2) is 249 Å². The molecule has 0 aliphatic heterocycles. The number of rotatable bonds is 8. The number of nitrogens with zero attached hydrogens (tertiary/aromatic N) is 3. The second-order valence-corrected chi connectivity index (χ2v) is 15.8. The Morgan fingerprint density at radius 1 is 0.317 bits per heavy atom. The minimum atomic E-state index is -0.125. The van der Waals surface area contributed by atoms with Gasteiger partial charge in [-0.05, 0) is 100 Å². The van der Waals surface area contributed by atoms with E-state index in [2.05, 4.69) is 131 Å². The SMILES string of the molecule is [2H]c1c([2H])c(N(c2ccccc2)c2cccc3ccccc23)c([2H])c([2H])c1-c1cccc2c(N(c3ccc4c5ccccc5n(-c5ccccc5)c4c3)c3cccc4ccccc34)cccc12. The fraction of sp³-hybridized carbons (Fsp3) is 0. The van der Waals surface area contributed by atoms with E-state index in [-0.39, 0.29) is 35.4 Å². The molecule has 0 aliphatic rings. The van der Waals surface area contributed by atoms with E-state index in [1.807, 2.05) is 108 Å². The first-order valence-electron chi connectivity index (χ1n) is 23.3. The lowest BCUT2D eigenvalue weighted by Gasteiger charge is -2.29. The summed E-state index contributed by atoms with van der Waals surface area (Å²) in [5, 5.41) is 8.19. The lowest BCUT2D eigenvalue weighted by molar-refractivity contribution is 1.18. The van der Waals surface area contributed by atoms with E-state index < -0.39 is 0 Å². The van der Waals surface area contributed by atoms with E-state index in [0.29, 0.717) is 5.56 Å². The van der Waals surface area contributed by atoms with Gasteiger partial charge in [0.05, 0.1) is 33.6 Å². The van der Waals surface area contributed by atoms with Gasteiger partial charge in [-0.15, -0.1) is 0 Å². The Morgan fingerprint density at radius 3 is 1.54 bits per heavy atom. The fourth-order valence-electron chi connectivity index (χ4n) is 9.39. The predicted molar refractivity (Wildman–Crippen MR) is 268 cm³/mol. The van der Waals surface area contributed by atoms with Crippen molar-refractivity contribution >= 4 is 88.2 Å². The van der Waals surface area contributed by atoms with Crippen molar-refractivity contribution in [3.05, 3.63) is 249 Å². The van der Waals surface area contributed by atoms with Crippen LogP contribution < -0.4 is 9.80 Å². The van der Waals surface area contributed by atoms with Crippen LogP contribution in [0.25, 0.3) is 70.9 Å². The van der Waals surface area contributed by atoms with Crippen molar-refractivity contribution in [2.24, 2.45) is 0 Å². The van der Waals surface area contributed by atoms with Crippen LogP contribution in [0.3, 0.4) is 0 Å². The molecule has 1 heterocycles. The maximum Gasteiger partial charge on any atom is 0.0645 e. The minimum Gasteiger partial charge on any atom is -0.310 e. The molecule has 12 aromatic rings. The third-order valence-electron chi connectivity index (χ3n) is 12.2. The molecule has 0 amide bonds. The highest BCUT2D eigenvalue weighted by molar-refractivity contribution is 6.13. The molecule has 0 bridgehead atoms. The second-order valence-electron chi connectivity index (χ2n) is 15.8. The molecule has 0 saturated heterocycles. The molecule has 296 valence electrons. The van der Waals surface area contributed by atoms with Crippen molar-refractivity contribution in [2.75, 3.05) is 9.80 Å². The summed E-state index contributed by atoms with van der Waals surface area (Å²) < 4.78 is 41.3. The van der Waals surface area contributed by atoms with E-state index in [1.165, 1.54) is 5.39 Å². The van der Waals surface area contributed by atoms with Gasteiger partial charge in [0.15, 0.2) is 0 Å². The van der Waals surface area contributed by atoms with Crippen LogP contribution in [-0.4, -0.2) is 4.57 Å². The number of para-hydroxylation sites is 3. The van der Waals surface area contributed by atoms with Gasteiger partial charge in [-0.1, -0.05) is 176 Å². The topological polar surface area (TPSA) is 11.4 Å². The lowest BCUT2D eigenvalue weighted by atomic mass is 9.96. The Hall–Kier alpha value is -8.40. The largest absolute Gasteiger partial charge is 0.310 e. The van der Waals surface area contributed by atoms with Gasteiger partial charge in [0.2, 0.25) is 0 Å². The zero-order chi connectivity index (χ0) is 45.2. The zero-order valence-electron chi connectivity index (χ0n) is 38.2. The molecule has 0 radical (unpaired) electrons. The van der Waals surface area contributed by atoms with Gasteiger partial charge < -0.3 is 14.4 Å². The van der Waals surface area contributed by atoms with Crippen molar-refractivity contribution in [2.45, 2.75) is 0 Å². The van der Waals surface area contributed by atoms with Crippen LogP contribution in [0.4, 0.5) is 34.1 Å². The van der Waals surface area contributed by atoms with E-state index in [4.69, 9.17) is 0 Å². The summed E-state index contributed by atoms with van der Waals surface area (Å²) in [5.41, 5.74) is 8.72. The van der Waals surface area contributed by atoms with Crippen LogP contribution in [0.5, 0.6) is 0 Å². The van der Waals surface area contributed by atoms with Crippen molar-refractivity contribution in [3.8, 4) is 16.8 Å². The molecule has 11 aromatic carbocycles. The summed E-state index contributed by atoms with van der Waals surface area (Å²) in [7, 11) is 0. The number of anilines is 6. The van der Waals surface area contributed by atoms with Crippen molar-refractivity contribution in [1.82, 2.24) is 4.57 Å². The van der Waals surface area contributed by atoms with Gasteiger partial charge in [0.25, 0.3) is 0 Å². The number of aromatic nitrogens is 1. The average molecular weight is 808 g/mol. The third kappa shape index (κ3) is 6.21. The Balaban J connectivity index is 1.08. The summed E-state index contributed by atoms with van der Waals surface area (Å²) in [6.45, 7) is 0. The first-order chi connectivity index (χ1) is 33.0. The van der Waals surface area contributed by atoms with Crippen LogP contribution in [0, 0.1) is 0 Å². The summed E-state index contributed by atoms with van der Waals surface area (Å²) in [6, 6.07) is 76.0. The van der Waals surface area contributed by atoms with Gasteiger partial charge in [-0.3, -0.25) is 0 Å². The highest BCUT2D eigenvalue weighted by Gasteiger charge is 2.22. The average Bonchev–Trinajstić information content (AvgIpc) is 3.71. The number of hydrogen-bond acceptors (Lipinski definition) is 2. The van der Waals surface area contributed by atoms with Crippen LogP contribution in [-0.2, 0) is 0 Å². The van der Waals surface area contributed by atoms with Gasteiger partial charge in [-0.25, -0.2) is 0 Å². The molecule has 0 saturated carbocycles. The van der Waals surface area contributed by atoms with Crippen LogP contribution in [0.1, 0.15) is 5.48 Å². The van der Waals surface area contributed by atoms with Crippen LogP contribution in [0.2, 0.25) is 0 Å². The first-order valence-corrected chi connectivity index (χ1v) is 21.3. The van der Waals surface area contributed by atoms with Crippen molar-refractivity contribution in [3.63, 3.8) is 0 Å². The van der Waals surface area contributed by atoms with E-state index in [9.17, 15) is 5.48 Å². The number of hydrogen-bond donors (Lipinski definition) is 0. The molecule has 0 atom stereocenters. The van der Waals surface area contributed by atoms with E-state index in [0.717, 1.165) is 82.9 Å². The summed E-state index contributed by atoms with van der Waals surface area (Å²) in [5.74, 6) is 0. The molecule has 1 aromatic heterocycles. The Morgan fingerprint density at radius 2 is 0.825 bits per heavy atom. The van der Waals surface area contributed by atoms with E-state index in [1.54, 1.807) is 0 Å². The number of benzene rings is 11. The summed E-state index contributed by atoms with van der Waals surface area (Å²) >= 11 is 0. The summed E-state index contributed by atoms with van der Waals surface area (Å²) in [6.07, 6.45) is 0. The highest BCUT2D eigenvalue weighted by atomic mass is 15.2. The van der Waals surface area contributed by atoms with E-state index >= 15 is 0 Å². The molecular formula is C60H41N3. The number of fused-ring (bicyclic) bond motifs is 6. The molecule has 12 rings (SSSR count). The lowest BCUT2D eigenvalue weighted by Crippen LogP contribution is -2.11. The van der Waals surface area contributed by atoms with Crippen molar-refractivity contribution in [1.29, 1.82) is 0 Å². The standard InChI is InChI=1S/C60H41N3/c1-3-21-45(22-4-1)61(56-32-13-19-42-17-7-9-25-50(42)56)47-37-35-44(36-38-47)49-28-15-30-53-52(49)29-16-34-59(53)63(57-33-14-20-43-18-8-10-26-51(43)57)48-39-40-55-54-27-11-12-31-58(54)62(60(55)41-48)46-23-5-2-6-24-46/h1-41H/i35D,36D,37D,38D. The fourth-order valence-corrected chi connectivity index (χ4v) is 9.39. The monoisotopic (exact) mass is 807 g/mol. The molecule has 0 aliphatic carbocycles. The molecular weight excluding hydrogens is 763 g/mol. The Bertz CT molecular complexity index is 3850. The molecule has 3 heteroatoms. The maximum absolute atomic E-state index is 9.75. The first kappa shape index (κ1) is 32.4. The van der Waals surface area contributed by atoms with Gasteiger partial charge in [0.1, 0.15) is 0 Å². The third-order valence-corrected chi connectivity index (χ3v) is 12.2. The molecule has 0 spiro atoms.